The molecule has 0 aliphatic carbocycles. The number of carboxylic acid groups (broad SMARTS) is 1. The number of likely N-dealkylation sites (N-methyl/N-ethyl adjacent to an activating group) is 1. The van der Waals surface area contributed by atoms with E-state index in [-0.39, 0.29) is 37.7 Å². The molecule has 0 spiro atoms. The van der Waals surface area contributed by atoms with Gasteiger partial charge in [-0.05, 0) is 0 Å². The standard InChI is InChI=1S/C4H10N3O5P.Ca.2H/c1-7(4(5)6)2(3(8)9)13(10,11)12;;;/h2H,1H3,(H3,5,6)(H,8,9)(H2,10,11,12);;;. The number of rotatable bonds is 3. The Kier molecular flexibility index (Phi) is 6.98. The number of hydrogen-bond donors (Lipinski definition) is 5. The zero-order chi connectivity index (χ0) is 10.8. The van der Waals surface area contributed by atoms with Crippen molar-refractivity contribution in [2.75, 3.05) is 7.05 Å². The van der Waals surface area contributed by atoms with E-state index in [9.17, 15) is 9.36 Å². The summed E-state index contributed by atoms with van der Waals surface area (Å²) in [5, 5.41) is 15.2. The van der Waals surface area contributed by atoms with Gasteiger partial charge in [0.25, 0.3) is 0 Å². The van der Waals surface area contributed by atoms with Gasteiger partial charge in [0.1, 0.15) is 0 Å². The van der Waals surface area contributed by atoms with E-state index in [1.165, 1.54) is 0 Å². The van der Waals surface area contributed by atoms with Crippen LogP contribution in [-0.2, 0) is 9.36 Å². The Hall–Kier alpha value is 0.150. The van der Waals surface area contributed by atoms with Crippen molar-refractivity contribution in [3.05, 3.63) is 0 Å². The van der Waals surface area contributed by atoms with Crippen molar-refractivity contribution in [1.29, 1.82) is 5.41 Å². The van der Waals surface area contributed by atoms with Crippen LogP contribution in [0.15, 0.2) is 0 Å². The predicted molar refractivity (Wildman–Crippen MR) is 51.7 cm³/mol. The Morgan fingerprint density at radius 1 is 1.57 bits per heavy atom. The van der Waals surface area contributed by atoms with E-state index in [0.717, 1.165) is 7.05 Å². The van der Waals surface area contributed by atoms with Crippen molar-refractivity contribution < 1.29 is 24.3 Å². The van der Waals surface area contributed by atoms with Crippen LogP contribution in [0.2, 0.25) is 0 Å². The summed E-state index contributed by atoms with van der Waals surface area (Å²) in [7, 11) is -3.82. The molecule has 1 atom stereocenters. The summed E-state index contributed by atoms with van der Waals surface area (Å²) in [6.45, 7) is 0. The van der Waals surface area contributed by atoms with Gasteiger partial charge in [-0.3, -0.25) is 9.97 Å². The summed E-state index contributed by atoms with van der Waals surface area (Å²) in [6, 6.07) is 0. The first-order valence-electron chi connectivity index (χ1n) is 3.02. The van der Waals surface area contributed by atoms with E-state index in [1.807, 2.05) is 0 Å². The van der Waals surface area contributed by atoms with Gasteiger partial charge >= 0.3 is 51.3 Å². The number of nitrogens with two attached hydrogens (primary N) is 1. The van der Waals surface area contributed by atoms with Gasteiger partial charge in [0.15, 0.2) is 5.96 Å². The maximum atomic E-state index is 10.6. The maximum absolute atomic E-state index is 10.6. The predicted octanol–water partition coefficient (Wildman–Crippen LogP) is -2.52. The van der Waals surface area contributed by atoms with E-state index in [4.69, 9.17) is 26.0 Å². The van der Waals surface area contributed by atoms with Gasteiger partial charge in [0.05, 0.1) is 0 Å². The van der Waals surface area contributed by atoms with E-state index < -0.39 is 25.3 Å². The molecule has 8 nitrogen and oxygen atoms in total. The molecular formula is C4H12CaN3O5P. The number of nitrogens with one attached hydrogen (secondary N) is 1. The first-order valence-corrected chi connectivity index (χ1v) is 4.71. The first kappa shape index (κ1) is 16.6. The summed E-state index contributed by atoms with van der Waals surface area (Å²) in [6.07, 6.45) is 0. The van der Waals surface area contributed by atoms with Crippen molar-refractivity contribution in [3.63, 3.8) is 0 Å². The topological polar surface area (TPSA) is 148 Å². The third kappa shape index (κ3) is 4.59. The first-order chi connectivity index (χ1) is 5.68. The van der Waals surface area contributed by atoms with Crippen LogP contribution in [0.25, 0.3) is 0 Å². The molecule has 0 heterocycles. The number of nitrogens with zero attached hydrogens (tertiary/aromatic N) is 1. The number of aliphatic carboxylic acids is 1. The fourth-order valence-electron chi connectivity index (χ4n) is 0.667. The van der Waals surface area contributed by atoms with Gasteiger partial charge in [-0.15, -0.1) is 0 Å². The number of carbonyl (C=O) groups is 1. The zero-order valence-corrected chi connectivity index (χ0v) is 7.60. The fourth-order valence-corrected chi connectivity index (χ4v) is 1.53. The molecule has 0 saturated carbocycles. The second kappa shape index (κ2) is 5.89. The summed E-state index contributed by atoms with van der Waals surface area (Å²) in [5.74, 6) is -4.56. The summed E-state index contributed by atoms with van der Waals surface area (Å²) in [5.41, 5.74) is 4.87. The van der Waals surface area contributed by atoms with Crippen LogP contribution < -0.4 is 5.73 Å². The molecular weight excluding hydrogens is 241 g/mol. The molecule has 0 aliphatic rings. The third-order valence-electron chi connectivity index (χ3n) is 1.29. The summed E-state index contributed by atoms with van der Waals surface area (Å²) < 4.78 is 10.6. The van der Waals surface area contributed by atoms with Crippen molar-refractivity contribution in [2.24, 2.45) is 5.73 Å². The van der Waals surface area contributed by atoms with Gasteiger partial charge in [-0.1, -0.05) is 0 Å². The number of carboxylic acids is 1. The van der Waals surface area contributed by atoms with Crippen LogP contribution in [0.5, 0.6) is 0 Å². The van der Waals surface area contributed by atoms with Crippen LogP contribution in [0.1, 0.15) is 0 Å². The third-order valence-corrected chi connectivity index (χ3v) is 2.49. The molecule has 1 unspecified atom stereocenters. The summed E-state index contributed by atoms with van der Waals surface area (Å²) in [4.78, 5) is 28.1. The van der Waals surface area contributed by atoms with Crippen LogP contribution in [0, 0.1) is 5.41 Å². The Bertz CT molecular complexity index is 278. The minimum absolute atomic E-state index is 0. The SMILES string of the molecule is CN(C(=N)N)C(C(=O)O)P(=O)(O)O.[CaH2]. The molecule has 0 radical (unpaired) electrons. The van der Waals surface area contributed by atoms with Gasteiger partial charge in [0, 0.05) is 7.05 Å². The monoisotopic (exact) mass is 253 g/mol. The fraction of sp³-hybridized carbons (Fsp3) is 0.500. The Morgan fingerprint density at radius 2 is 1.93 bits per heavy atom. The molecule has 0 aliphatic heterocycles. The quantitative estimate of drug-likeness (QED) is 0.161. The number of guanidine groups is 1. The average molecular weight is 253 g/mol. The number of hydrogen-bond acceptors (Lipinski definition) is 3. The van der Waals surface area contributed by atoms with Crippen molar-refractivity contribution in [2.45, 2.75) is 5.78 Å². The van der Waals surface area contributed by atoms with E-state index in [0.29, 0.717) is 4.90 Å². The van der Waals surface area contributed by atoms with E-state index in [2.05, 4.69) is 0 Å². The molecule has 0 aromatic heterocycles. The molecule has 6 N–H and O–H groups in total. The summed E-state index contributed by atoms with van der Waals surface area (Å²) >= 11 is 0. The Balaban J connectivity index is 0. The van der Waals surface area contributed by atoms with E-state index in [1.54, 1.807) is 0 Å². The second-order valence-corrected chi connectivity index (χ2v) is 3.96. The molecule has 0 saturated heterocycles. The molecule has 80 valence electrons. The normalized spacial score (nSPS) is 12.5. The minimum atomic E-state index is -4.84. The molecule has 0 bridgehead atoms. The second-order valence-electron chi connectivity index (χ2n) is 2.30. The Morgan fingerprint density at radius 3 is 2.00 bits per heavy atom. The van der Waals surface area contributed by atoms with Gasteiger partial charge in [-0.25, -0.2) is 4.79 Å². The molecule has 10 heteroatoms. The molecule has 0 rings (SSSR count). The molecule has 0 amide bonds. The van der Waals surface area contributed by atoms with Crippen LogP contribution in [0.3, 0.4) is 0 Å². The van der Waals surface area contributed by atoms with Crippen molar-refractivity contribution in [1.82, 2.24) is 4.90 Å². The molecule has 0 aromatic carbocycles. The van der Waals surface area contributed by atoms with Gasteiger partial charge in [0.2, 0.25) is 5.78 Å². The van der Waals surface area contributed by atoms with Gasteiger partial charge < -0.3 is 25.5 Å². The molecule has 0 fully saturated rings. The van der Waals surface area contributed by atoms with Crippen LogP contribution >= 0.6 is 7.60 Å². The van der Waals surface area contributed by atoms with Crippen molar-refractivity contribution >= 4 is 57.3 Å². The molecule has 0 aromatic rings. The zero-order valence-electron chi connectivity index (χ0n) is 6.71. The molecule has 14 heavy (non-hydrogen) atoms. The van der Waals surface area contributed by atoms with Crippen molar-refractivity contribution in [3.8, 4) is 0 Å². The van der Waals surface area contributed by atoms with Crippen LogP contribution in [0.4, 0.5) is 0 Å². The van der Waals surface area contributed by atoms with Gasteiger partial charge in [-0.2, -0.15) is 0 Å². The van der Waals surface area contributed by atoms with Crippen LogP contribution in [-0.4, -0.2) is 82.3 Å². The average Bonchev–Trinajstić information content (AvgIpc) is 1.82. The van der Waals surface area contributed by atoms with E-state index >= 15 is 0 Å². The Labute approximate surface area is 110 Å².